The number of nitrogens with one attached hydrogen (secondary N) is 1. The maximum absolute atomic E-state index is 12.5. The van der Waals surface area contributed by atoms with E-state index in [-0.39, 0.29) is 17.0 Å². The molecule has 0 radical (unpaired) electrons. The van der Waals surface area contributed by atoms with Gasteiger partial charge in [-0.05, 0) is 88.7 Å². The summed E-state index contributed by atoms with van der Waals surface area (Å²) in [6.45, 7) is 1.59. The second-order valence-electron chi connectivity index (χ2n) is 6.25. The number of phenolic OH excluding ortho intramolecular Hbond substituents is 1. The van der Waals surface area contributed by atoms with Crippen molar-refractivity contribution in [2.24, 2.45) is 0 Å². The van der Waals surface area contributed by atoms with Crippen LogP contribution in [0.3, 0.4) is 0 Å². The Morgan fingerprint density at radius 1 is 1.15 bits per heavy atom. The van der Waals surface area contributed by atoms with E-state index in [4.69, 9.17) is 0 Å². The van der Waals surface area contributed by atoms with Crippen molar-refractivity contribution >= 4 is 68.2 Å². The number of anilines is 2. The molecule has 3 rings (SSSR count). The van der Waals surface area contributed by atoms with Gasteiger partial charge in [0.2, 0.25) is 0 Å². The zero-order valence-corrected chi connectivity index (χ0v) is 18.6. The molecule has 2 aromatic carbocycles. The number of carbonyl (C=O) groups is 1. The first kappa shape index (κ1) is 20.1. The van der Waals surface area contributed by atoms with Gasteiger partial charge in [-0.15, -0.1) is 0 Å². The molecule has 0 atom stereocenters. The number of nitro groups is 1. The van der Waals surface area contributed by atoms with E-state index >= 15 is 0 Å². The van der Waals surface area contributed by atoms with Gasteiger partial charge in [0.1, 0.15) is 11.4 Å². The number of benzene rings is 2. The summed E-state index contributed by atoms with van der Waals surface area (Å²) in [4.78, 5) is 25.7. The van der Waals surface area contributed by atoms with Gasteiger partial charge in [0.05, 0.1) is 14.1 Å². The molecule has 0 aromatic heterocycles. The van der Waals surface area contributed by atoms with Crippen molar-refractivity contribution < 1.29 is 14.8 Å². The lowest BCUT2D eigenvalue weighted by atomic mass is 10.1. The van der Waals surface area contributed by atoms with E-state index in [0.717, 1.165) is 35.9 Å². The smallest absolute Gasteiger partial charge is 0.294 e. The van der Waals surface area contributed by atoms with Crippen LogP contribution in [0, 0.1) is 17.3 Å². The summed E-state index contributed by atoms with van der Waals surface area (Å²) in [5.41, 5.74) is 0.996. The quantitative estimate of drug-likeness (QED) is 0.303. The number of hydrogen-bond acceptors (Lipinski definition) is 5. The van der Waals surface area contributed by atoms with Crippen molar-refractivity contribution in [2.45, 2.75) is 19.3 Å². The highest BCUT2D eigenvalue weighted by Gasteiger charge is 2.23. The number of hydrogen-bond donors (Lipinski definition) is 2. The first-order valence-electron chi connectivity index (χ1n) is 8.39. The lowest BCUT2D eigenvalue weighted by Crippen LogP contribution is -2.30. The molecule has 1 fully saturated rings. The number of halogens is 2. The SMILES string of the molecule is O=C(Nc1ccc(N2CCCCC2)c([N+](=O)[O-])c1)c1cc(I)cc(I)c1O. The molecule has 0 unspecified atom stereocenters. The molecule has 1 aliphatic heterocycles. The van der Waals surface area contributed by atoms with Crippen molar-refractivity contribution in [3.05, 3.63) is 53.1 Å². The van der Waals surface area contributed by atoms with Crippen LogP contribution in [0.25, 0.3) is 0 Å². The van der Waals surface area contributed by atoms with Gasteiger partial charge in [0.25, 0.3) is 11.6 Å². The molecule has 0 bridgehead atoms. The van der Waals surface area contributed by atoms with Crippen molar-refractivity contribution in [3.63, 3.8) is 0 Å². The molecule has 1 aliphatic rings. The molecule has 9 heteroatoms. The summed E-state index contributed by atoms with van der Waals surface area (Å²) in [5, 5.41) is 24.3. The Morgan fingerprint density at radius 3 is 2.52 bits per heavy atom. The molecule has 1 heterocycles. The minimum Gasteiger partial charge on any atom is -0.506 e. The van der Waals surface area contributed by atoms with E-state index in [1.54, 1.807) is 24.3 Å². The van der Waals surface area contributed by atoms with Crippen LogP contribution in [0.15, 0.2) is 30.3 Å². The molecular formula is C18H17I2N3O4. The Balaban J connectivity index is 1.88. The fourth-order valence-electron chi connectivity index (χ4n) is 3.09. The third kappa shape index (κ3) is 4.62. The van der Waals surface area contributed by atoms with Gasteiger partial charge in [0, 0.05) is 28.4 Å². The average molecular weight is 593 g/mol. The zero-order chi connectivity index (χ0) is 19.6. The van der Waals surface area contributed by atoms with E-state index in [2.05, 4.69) is 27.9 Å². The number of nitrogens with zero attached hydrogens (tertiary/aromatic N) is 2. The Labute approximate surface area is 183 Å². The molecule has 0 aliphatic carbocycles. The topological polar surface area (TPSA) is 95.7 Å². The van der Waals surface area contributed by atoms with Crippen molar-refractivity contribution in [1.82, 2.24) is 0 Å². The third-order valence-electron chi connectivity index (χ3n) is 4.40. The summed E-state index contributed by atoms with van der Waals surface area (Å²) >= 11 is 4.02. The molecule has 0 spiro atoms. The average Bonchev–Trinajstić information content (AvgIpc) is 2.65. The molecule has 27 heavy (non-hydrogen) atoms. The van der Waals surface area contributed by atoms with Gasteiger partial charge in [-0.3, -0.25) is 14.9 Å². The Morgan fingerprint density at radius 2 is 1.85 bits per heavy atom. The number of nitro benzene ring substituents is 1. The predicted octanol–water partition coefficient (Wildman–Crippen LogP) is 4.75. The number of amides is 1. The minimum absolute atomic E-state index is 0.0313. The highest BCUT2D eigenvalue weighted by Crippen LogP contribution is 2.33. The van der Waals surface area contributed by atoms with Gasteiger partial charge < -0.3 is 15.3 Å². The first-order valence-corrected chi connectivity index (χ1v) is 10.6. The largest absolute Gasteiger partial charge is 0.506 e. The van der Waals surface area contributed by atoms with Gasteiger partial charge >= 0.3 is 0 Å². The molecular weight excluding hydrogens is 576 g/mol. The minimum atomic E-state index is -0.510. The van der Waals surface area contributed by atoms with E-state index in [9.17, 15) is 20.0 Å². The summed E-state index contributed by atoms with van der Waals surface area (Å²) < 4.78 is 1.38. The molecule has 2 N–H and O–H groups in total. The highest BCUT2D eigenvalue weighted by molar-refractivity contribution is 14.1. The van der Waals surface area contributed by atoms with Crippen LogP contribution in [-0.2, 0) is 0 Å². The van der Waals surface area contributed by atoms with Gasteiger partial charge in [-0.25, -0.2) is 0 Å². The maximum Gasteiger partial charge on any atom is 0.294 e. The van der Waals surface area contributed by atoms with Crippen LogP contribution in [0.4, 0.5) is 17.1 Å². The third-order valence-corrected chi connectivity index (χ3v) is 5.84. The van der Waals surface area contributed by atoms with E-state index < -0.39 is 10.8 Å². The number of carbonyl (C=O) groups excluding carboxylic acids is 1. The van der Waals surface area contributed by atoms with Crippen LogP contribution in [0.2, 0.25) is 0 Å². The molecule has 142 valence electrons. The fraction of sp³-hybridized carbons (Fsp3) is 0.278. The lowest BCUT2D eigenvalue weighted by molar-refractivity contribution is -0.384. The molecule has 2 aromatic rings. The predicted molar refractivity (Wildman–Crippen MR) is 121 cm³/mol. The highest BCUT2D eigenvalue weighted by atomic mass is 127. The Kier molecular flexibility index (Phi) is 6.40. The molecule has 1 saturated heterocycles. The first-order chi connectivity index (χ1) is 12.9. The van der Waals surface area contributed by atoms with Crippen molar-refractivity contribution in [1.29, 1.82) is 0 Å². The summed E-state index contributed by atoms with van der Waals surface area (Å²) in [5.74, 6) is -0.614. The van der Waals surface area contributed by atoms with Crippen molar-refractivity contribution in [3.8, 4) is 5.75 Å². The van der Waals surface area contributed by atoms with E-state index in [1.165, 1.54) is 6.07 Å². The Bertz CT molecular complexity index is 898. The number of phenols is 1. The van der Waals surface area contributed by atoms with Gasteiger partial charge in [-0.1, -0.05) is 0 Å². The molecule has 1 amide bonds. The number of piperidine rings is 1. The zero-order valence-electron chi connectivity index (χ0n) is 14.2. The van der Waals surface area contributed by atoms with E-state index in [0.29, 0.717) is 14.9 Å². The van der Waals surface area contributed by atoms with Crippen LogP contribution in [0.1, 0.15) is 29.6 Å². The standard InChI is InChI=1S/C18H17I2N3O4/c19-11-8-13(17(24)14(20)9-11)18(25)21-12-4-5-15(16(10-12)23(26)27)22-6-2-1-3-7-22/h4-5,8-10,24H,1-3,6-7H2,(H,21,25). The van der Waals surface area contributed by atoms with Crippen LogP contribution in [0.5, 0.6) is 5.75 Å². The monoisotopic (exact) mass is 593 g/mol. The summed E-state index contributed by atoms with van der Waals surface area (Å²) in [6.07, 6.45) is 3.16. The fourth-order valence-corrected chi connectivity index (χ4v) is 4.93. The number of rotatable bonds is 4. The summed E-state index contributed by atoms with van der Waals surface area (Å²) in [7, 11) is 0. The van der Waals surface area contributed by atoms with E-state index in [1.807, 2.05) is 27.5 Å². The second kappa shape index (κ2) is 8.59. The summed E-state index contributed by atoms with van der Waals surface area (Å²) in [6, 6.07) is 8.04. The van der Waals surface area contributed by atoms with Crippen LogP contribution >= 0.6 is 45.2 Å². The van der Waals surface area contributed by atoms with Crippen LogP contribution in [-0.4, -0.2) is 29.0 Å². The van der Waals surface area contributed by atoms with Gasteiger partial charge in [0.15, 0.2) is 0 Å². The van der Waals surface area contributed by atoms with Crippen LogP contribution < -0.4 is 10.2 Å². The normalized spacial score (nSPS) is 14.1. The van der Waals surface area contributed by atoms with Gasteiger partial charge in [-0.2, -0.15) is 0 Å². The molecule has 7 nitrogen and oxygen atoms in total. The van der Waals surface area contributed by atoms with Crippen molar-refractivity contribution in [2.75, 3.05) is 23.3 Å². The molecule has 0 saturated carbocycles. The maximum atomic E-state index is 12.5. The second-order valence-corrected chi connectivity index (χ2v) is 8.65. The number of aromatic hydroxyl groups is 1. The lowest BCUT2D eigenvalue weighted by Gasteiger charge is -2.28. The Hall–Kier alpha value is -1.63.